The summed E-state index contributed by atoms with van der Waals surface area (Å²) in [5.41, 5.74) is 0.508. The van der Waals surface area contributed by atoms with Crippen LogP contribution in [0.25, 0.3) is 0 Å². The third-order valence-corrected chi connectivity index (χ3v) is 3.55. The fourth-order valence-electron chi connectivity index (χ4n) is 2.53. The van der Waals surface area contributed by atoms with Gasteiger partial charge < -0.3 is 5.32 Å². The standard InChI is InChI=1S/C11H23N/c1-5-9(2)10-6-7-12-8-11(10,3)4/h9-10,12H,5-8H2,1-4H3. The van der Waals surface area contributed by atoms with Gasteiger partial charge in [0.15, 0.2) is 0 Å². The lowest BCUT2D eigenvalue weighted by molar-refractivity contribution is 0.101. The zero-order valence-corrected chi connectivity index (χ0v) is 8.98. The molecule has 0 aromatic rings. The average molecular weight is 169 g/mol. The monoisotopic (exact) mass is 169 g/mol. The zero-order chi connectivity index (χ0) is 9.19. The molecule has 0 aliphatic carbocycles. The van der Waals surface area contributed by atoms with Gasteiger partial charge in [0.05, 0.1) is 0 Å². The van der Waals surface area contributed by atoms with Crippen molar-refractivity contribution >= 4 is 0 Å². The maximum atomic E-state index is 3.48. The van der Waals surface area contributed by atoms with Gasteiger partial charge in [-0.1, -0.05) is 34.1 Å². The van der Waals surface area contributed by atoms with Crippen molar-refractivity contribution in [2.45, 2.75) is 40.5 Å². The minimum Gasteiger partial charge on any atom is -0.316 e. The summed E-state index contributed by atoms with van der Waals surface area (Å²) in [4.78, 5) is 0. The van der Waals surface area contributed by atoms with Gasteiger partial charge in [-0.2, -0.15) is 0 Å². The molecule has 0 amide bonds. The maximum absolute atomic E-state index is 3.48. The molecule has 1 fully saturated rings. The number of hydrogen-bond donors (Lipinski definition) is 1. The van der Waals surface area contributed by atoms with Crippen LogP contribution in [-0.4, -0.2) is 13.1 Å². The smallest absolute Gasteiger partial charge is 0.000528 e. The second-order valence-electron chi connectivity index (χ2n) is 4.95. The molecule has 0 spiro atoms. The summed E-state index contributed by atoms with van der Waals surface area (Å²) in [7, 11) is 0. The Labute approximate surface area is 76.9 Å². The maximum Gasteiger partial charge on any atom is 0.000528 e. The van der Waals surface area contributed by atoms with Gasteiger partial charge in [0.2, 0.25) is 0 Å². The van der Waals surface area contributed by atoms with Crippen LogP contribution < -0.4 is 5.32 Å². The normalized spacial score (nSPS) is 31.5. The molecule has 0 radical (unpaired) electrons. The Hall–Kier alpha value is -0.0400. The predicted molar refractivity (Wildman–Crippen MR) is 54.2 cm³/mol. The SMILES string of the molecule is CCC(C)C1CCNCC1(C)C. The molecule has 0 aromatic carbocycles. The molecule has 1 saturated heterocycles. The van der Waals surface area contributed by atoms with Crippen molar-refractivity contribution < 1.29 is 0 Å². The van der Waals surface area contributed by atoms with E-state index in [0.29, 0.717) is 5.41 Å². The first kappa shape index (κ1) is 10.0. The topological polar surface area (TPSA) is 12.0 Å². The molecule has 0 saturated carbocycles. The third-order valence-electron chi connectivity index (χ3n) is 3.55. The number of hydrogen-bond acceptors (Lipinski definition) is 1. The average Bonchev–Trinajstić information content (AvgIpc) is 2.02. The summed E-state index contributed by atoms with van der Waals surface area (Å²) in [6.07, 6.45) is 2.69. The van der Waals surface area contributed by atoms with Gasteiger partial charge in [0, 0.05) is 6.54 Å². The van der Waals surface area contributed by atoms with E-state index in [4.69, 9.17) is 0 Å². The first-order valence-electron chi connectivity index (χ1n) is 5.28. The van der Waals surface area contributed by atoms with Gasteiger partial charge in [-0.3, -0.25) is 0 Å². The minimum atomic E-state index is 0.508. The Balaban J connectivity index is 2.59. The highest BCUT2D eigenvalue weighted by Crippen LogP contribution is 2.37. The van der Waals surface area contributed by atoms with Crippen LogP contribution in [0.1, 0.15) is 40.5 Å². The van der Waals surface area contributed by atoms with E-state index in [2.05, 4.69) is 33.0 Å². The second-order valence-corrected chi connectivity index (χ2v) is 4.95. The van der Waals surface area contributed by atoms with E-state index < -0.39 is 0 Å². The summed E-state index contributed by atoms with van der Waals surface area (Å²) in [6, 6.07) is 0. The summed E-state index contributed by atoms with van der Waals surface area (Å²) >= 11 is 0. The van der Waals surface area contributed by atoms with Crippen LogP contribution >= 0.6 is 0 Å². The molecule has 1 heteroatoms. The molecule has 1 aliphatic rings. The van der Waals surface area contributed by atoms with Gasteiger partial charge in [0.1, 0.15) is 0 Å². The van der Waals surface area contributed by atoms with E-state index in [0.717, 1.165) is 11.8 Å². The lowest BCUT2D eigenvalue weighted by atomic mass is 9.68. The number of rotatable bonds is 2. The molecule has 1 heterocycles. The van der Waals surface area contributed by atoms with E-state index in [1.54, 1.807) is 0 Å². The Bertz CT molecular complexity index is 140. The highest BCUT2D eigenvalue weighted by Gasteiger charge is 2.34. The van der Waals surface area contributed by atoms with Crippen molar-refractivity contribution in [1.82, 2.24) is 5.32 Å². The van der Waals surface area contributed by atoms with Crippen molar-refractivity contribution in [3.63, 3.8) is 0 Å². The Morgan fingerprint density at radius 1 is 1.50 bits per heavy atom. The van der Waals surface area contributed by atoms with Crippen LogP contribution in [0.2, 0.25) is 0 Å². The molecule has 1 N–H and O–H groups in total. The van der Waals surface area contributed by atoms with Crippen LogP contribution in [0.5, 0.6) is 0 Å². The highest BCUT2D eigenvalue weighted by molar-refractivity contribution is 4.87. The first-order chi connectivity index (χ1) is 5.58. The van der Waals surface area contributed by atoms with Gasteiger partial charge in [0.25, 0.3) is 0 Å². The molecule has 72 valence electrons. The van der Waals surface area contributed by atoms with Crippen LogP contribution in [-0.2, 0) is 0 Å². The molecule has 1 aliphatic heterocycles. The van der Waals surface area contributed by atoms with Crippen LogP contribution in [0.15, 0.2) is 0 Å². The molecule has 0 aromatic heterocycles. The summed E-state index contributed by atoms with van der Waals surface area (Å²) < 4.78 is 0. The Morgan fingerprint density at radius 3 is 2.67 bits per heavy atom. The molecule has 1 nitrogen and oxygen atoms in total. The molecule has 2 unspecified atom stereocenters. The molecule has 12 heavy (non-hydrogen) atoms. The van der Waals surface area contributed by atoms with Crippen molar-refractivity contribution in [2.75, 3.05) is 13.1 Å². The minimum absolute atomic E-state index is 0.508. The second kappa shape index (κ2) is 3.78. The van der Waals surface area contributed by atoms with Gasteiger partial charge in [-0.05, 0) is 30.2 Å². The fraction of sp³-hybridized carbons (Fsp3) is 1.00. The van der Waals surface area contributed by atoms with E-state index in [1.165, 1.54) is 25.9 Å². The molecule has 1 rings (SSSR count). The number of piperidine rings is 1. The van der Waals surface area contributed by atoms with Gasteiger partial charge in [-0.25, -0.2) is 0 Å². The first-order valence-corrected chi connectivity index (χ1v) is 5.28. The molecular weight excluding hydrogens is 146 g/mol. The van der Waals surface area contributed by atoms with Crippen molar-refractivity contribution in [3.8, 4) is 0 Å². The molecule has 0 bridgehead atoms. The third kappa shape index (κ3) is 2.01. The predicted octanol–water partition coefficient (Wildman–Crippen LogP) is 2.67. The van der Waals surface area contributed by atoms with E-state index in [9.17, 15) is 0 Å². The van der Waals surface area contributed by atoms with Gasteiger partial charge in [-0.15, -0.1) is 0 Å². The highest BCUT2D eigenvalue weighted by atomic mass is 14.9. The van der Waals surface area contributed by atoms with Gasteiger partial charge >= 0.3 is 0 Å². The van der Waals surface area contributed by atoms with Crippen LogP contribution in [0.3, 0.4) is 0 Å². The lowest BCUT2D eigenvalue weighted by Gasteiger charge is -2.42. The zero-order valence-electron chi connectivity index (χ0n) is 8.98. The summed E-state index contributed by atoms with van der Waals surface area (Å²) in [6.45, 7) is 11.9. The van der Waals surface area contributed by atoms with E-state index >= 15 is 0 Å². The van der Waals surface area contributed by atoms with Crippen molar-refractivity contribution in [1.29, 1.82) is 0 Å². The molecule has 2 atom stereocenters. The lowest BCUT2D eigenvalue weighted by Crippen LogP contribution is -2.45. The van der Waals surface area contributed by atoms with Crippen molar-refractivity contribution in [3.05, 3.63) is 0 Å². The Morgan fingerprint density at radius 2 is 2.17 bits per heavy atom. The fourth-order valence-corrected chi connectivity index (χ4v) is 2.53. The van der Waals surface area contributed by atoms with E-state index in [-0.39, 0.29) is 0 Å². The van der Waals surface area contributed by atoms with Crippen LogP contribution in [0.4, 0.5) is 0 Å². The van der Waals surface area contributed by atoms with Crippen LogP contribution in [0, 0.1) is 17.3 Å². The van der Waals surface area contributed by atoms with E-state index in [1.807, 2.05) is 0 Å². The van der Waals surface area contributed by atoms with Crippen molar-refractivity contribution in [2.24, 2.45) is 17.3 Å². The molecular formula is C11H23N. The number of nitrogens with one attached hydrogen (secondary N) is 1. The quantitative estimate of drug-likeness (QED) is 0.670. The summed E-state index contributed by atoms with van der Waals surface area (Å²) in [5.74, 6) is 1.81. The summed E-state index contributed by atoms with van der Waals surface area (Å²) in [5, 5.41) is 3.48. The Kier molecular flexibility index (Phi) is 3.16. The largest absolute Gasteiger partial charge is 0.316 e.